The largest absolute Gasteiger partial charge is 0.494 e. The number of carbonyl (C=O) groups excluding carboxylic acids is 1. The zero-order chi connectivity index (χ0) is 15.4. The van der Waals surface area contributed by atoms with Crippen LogP contribution in [-0.4, -0.2) is 13.0 Å². The van der Waals surface area contributed by atoms with Gasteiger partial charge in [0.05, 0.1) is 13.2 Å². The summed E-state index contributed by atoms with van der Waals surface area (Å²) in [6.45, 7) is 1.81. The first-order chi connectivity index (χ1) is 10.0. The Morgan fingerprint density at radius 1 is 1.29 bits per heavy atom. The Labute approximate surface area is 136 Å². The third-order valence-corrected chi connectivity index (χ3v) is 3.78. The van der Waals surface area contributed by atoms with Crippen LogP contribution in [0.1, 0.15) is 28.9 Å². The van der Waals surface area contributed by atoms with Gasteiger partial charge < -0.3 is 10.1 Å². The van der Waals surface area contributed by atoms with E-state index in [1.165, 1.54) is 13.2 Å². The summed E-state index contributed by atoms with van der Waals surface area (Å²) in [7, 11) is 1.42. The van der Waals surface area contributed by atoms with Crippen LogP contribution in [0.15, 0.2) is 42.5 Å². The maximum absolute atomic E-state index is 13.7. The Morgan fingerprint density at radius 3 is 2.67 bits per heavy atom. The molecule has 2 aromatic carbocycles. The maximum Gasteiger partial charge on any atom is 0.251 e. The fourth-order valence-corrected chi connectivity index (χ4v) is 2.49. The van der Waals surface area contributed by atoms with E-state index < -0.39 is 5.82 Å². The number of benzene rings is 2. The number of hydrogen-bond acceptors (Lipinski definition) is 2. The van der Waals surface area contributed by atoms with Gasteiger partial charge in [-0.15, -0.1) is 0 Å². The fraction of sp³-hybridized carbons (Fsp3) is 0.188. The van der Waals surface area contributed by atoms with Crippen molar-refractivity contribution in [2.75, 3.05) is 7.11 Å². The van der Waals surface area contributed by atoms with E-state index in [-0.39, 0.29) is 17.7 Å². The zero-order valence-corrected chi connectivity index (χ0v) is 13.8. The number of amides is 1. The highest BCUT2D eigenvalue weighted by molar-refractivity contribution is 14.1. The predicted molar refractivity (Wildman–Crippen MR) is 88.0 cm³/mol. The highest BCUT2D eigenvalue weighted by atomic mass is 127. The summed E-state index contributed by atoms with van der Waals surface area (Å²) >= 11 is 2.15. The van der Waals surface area contributed by atoms with E-state index in [2.05, 4.69) is 27.9 Å². The van der Waals surface area contributed by atoms with E-state index >= 15 is 0 Å². The van der Waals surface area contributed by atoms with Gasteiger partial charge in [0.15, 0.2) is 11.6 Å². The molecule has 2 aromatic rings. The second-order valence-electron chi connectivity index (χ2n) is 4.60. The van der Waals surface area contributed by atoms with E-state index in [0.29, 0.717) is 11.1 Å². The topological polar surface area (TPSA) is 38.3 Å². The van der Waals surface area contributed by atoms with E-state index in [1.807, 2.05) is 19.1 Å². The van der Waals surface area contributed by atoms with Crippen LogP contribution in [0.2, 0.25) is 0 Å². The average Bonchev–Trinajstić information content (AvgIpc) is 2.47. The molecule has 3 nitrogen and oxygen atoms in total. The van der Waals surface area contributed by atoms with E-state index in [1.54, 1.807) is 24.3 Å². The molecule has 0 heterocycles. The Balaban J connectivity index is 2.12. The molecule has 0 aliphatic carbocycles. The molecule has 0 bridgehead atoms. The molecule has 5 heteroatoms. The summed E-state index contributed by atoms with van der Waals surface area (Å²) in [5.74, 6) is -0.433. The van der Waals surface area contributed by atoms with Gasteiger partial charge in [-0.2, -0.15) is 0 Å². The molecule has 0 spiro atoms. The highest BCUT2D eigenvalue weighted by Gasteiger charge is 2.13. The molecule has 0 aliphatic rings. The quantitative estimate of drug-likeness (QED) is 0.792. The van der Waals surface area contributed by atoms with Crippen LogP contribution in [0.25, 0.3) is 0 Å². The molecule has 110 valence electrons. The molecule has 21 heavy (non-hydrogen) atoms. The van der Waals surface area contributed by atoms with Gasteiger partial charge in [-0.25, -0.2) is 4.39 Å². The lowest BCUT2D eigenvalue weighted by Crippen LogP contribution is -2.26. The van der Waals surface area contributed by atoms with Crippen molar-refractivity contribution in [2.24, 2.45) is 0 Å². The van der Waals surface area contributed by atoms with Gasteiger partial charge in [-0.05, 0) is 65.4 Å². The summed E-state index contributed by atoms with van der Waals surface area (Å²) in [5.41, 5.74) is 1.27. The lowest BCUT2D eigenvalue weighted by Gasteiger charge is -2.15. The van der Waals surface area contributed by atoms with Crippen molar-refractivity contribution in [3.63, 3.8) is 0 Å². The lowest BCUT2D eigenvalue weighted by molar-refractivity contribution is 0.0939. The molecule has 0 aliphatic heterocycles. The van der Waals surface area contributed by atoms with Gasteiger partial charge in [0.25, 0.3) is 5.91 Å². The number of rotatable bonds is 4. The Hall–Kier alpha value is -1.63. The fourth-order valence-electron chi connectivity index (χ4n) is 1.94. The summed E-state index contributed by atoms with van der Waals surface area (Å²) < 4.78 is 19.6. The average molecular weight is 399 g/mol. The number of hydrogen-bond donors (Lipinski definition) is 1. The second kappa shape index (κ2) is 6.89. The molecular weight excluding hydrogens is 384 g/mol. The minimum Gasteiger partial charge on any atom is -0.494 e. The molecular formula is C16H15FINO2. The summed E-state index contributed by atoms with van der Waals surface area (Å²) in [5, 5.41) is 2.85. The standard InChI is InChI=1S/C16H15FINO2/c1-10(11-6-7-15(21-2)14(17)9-11)19-16(20)12-4-3-5-13(18)8-12/h3-10H,1-2H3,(H,19,20). The normalized spacial score (nSPS) is 11.8. The second-order valence-corrected chi connectivity index (χ2v) is 5.85. The Bertz CT molecular complexity index is 660. The number of carbonyl (C=O) groups is 1. The molecule has 0 saturated heterocycles. The summed E-state index contributed by atoms with van der Waals surface area (Å²) in [6.07, 6.45) is 0. The number of ether oxygens (including phenoxy) is 1. The third kappa shape index (κ3) is 3.93. The van der Waals surface area contributed by atoms with Gasteiger partial charge in [0.2, 0.25) is 0 Å². The van der Waals surface area contributed by atoms with Crippen LogP contribution in [0.3, 0.4) is 0 Å². The minimum absolute atomic E-state index is 0.183. The van der Waals surface area contributed by atoms with E-state index in [9.17, 15) is 9.18 Å². The molecule has 0 fully saturated rings. The van der Waals surface area contributed by atoms with Crippen LogP contribution in [-0.2, 0) is 0 Å². The van der Waals surface area contributed by atoms with Crippen molar-refractivity contribution < 1.29 is 13.9 Å². The number of nitrogens with one attached hydrogen (secondary N) is 1. The van der Waals surface area contributed by atoms with Crippen LogP contribution in [0.5, 0.6) is 5.75 Å². The van der Waals surface area contributed by atoms with Gasteiger partial charge in [0, 0.05) is 9.13 Å². The zero-order valence-electron chi connectivity index (χ0n) is 11.7. The maximum atomic E-state index is 13.7. The van der Waals surface area contributed by atoms with Gasteiger partial charge in [-0.1, -0.05) is 12.1 Å². The van der Waals surface area contributed by atoms with E-state index in [0.717, 1.165) is 3.57 Å². The molecule has 0 radical (unpaired) electrons. The molecule has 1 amide bonds. The molecule has 1 unspecified atom stereocenters. The van der Waals surface area contributed by atoms with Crippen LogP contribution >= 0.6 is 22.6 Å². The Kier molecular flexibility index (Phi) is 5.17. The van der Waals surface area contributed by atoms with Gasteiger partial charge in [-0.3, -0.25) is 4.79 Å². The highest BCUT2D eigenvalue weighted by Crippen LogP contribution is 2.22. The van der Waals surface area contributed by atoms with Crippen molar-refractivity contribution in [3.05, 3.63) is 63.0 Å². The third-order valence-electron chi connectivity index (χ3n) is 3.11. The van der Waals surface area contributed by atoms with Crippen LogP contribution in [0, 0.1) is 9.39 Å². The SMILES string of the molecule is COc1ccc(C(C)NC(=O)c2cccc(I)c2)cc1F. The van der Waals surface area contributed by atoms with Crippen LogP contribution in [0.4, 0.5) is 4.39 Å². The van der Waals surface area contributed by atoms with Gasteiger partial charge in [0.1, 0.15) is 0 Å². The lowest BCUT2D eigenvalue weighted by atomic mass is 10.1. The smallest absolute Gasteiger partial charge is 0.251 e. The first kappa shape index (κ1) is 15.8. The van der Waals surface area contributed by atoms with Crippen LogP contribution < -0.4 is 10.1 Å². The van der Waals surface area contributed by atoms with Crippen molar-refractivity contribution in [1.82, 2.24) is 5.32 Å². The minimum atomic E-state index is -0.439. The molecule has 0 saturated carbocycles. The van der Waals surface area contributed by atoms with Gasteiger partial charge >= 0.3 is 0 Å². The van der Waals surface area contributed by atoms with Crippen molar-refractivity contribution in [3.8, 4) is 5.75 Å². The first-order valence-corrected chi connectivity index (χ1v) is 7.49. The monoisotopic (exact) mass is 399 g/mol. The molecule has 1 atom stereocenters. The number of halogens is 2. The van der Waals surface area contributed by atoms with Crippen molar-refractivity contribution in [1.29, 1.82) is 0 Å². The van der Waals surface area contributed by atoms with E-state index in [4.69, 9.17) is 4.74 Å². The van der Waals surface area contributed by atoms with Crippen molar-refractivity contribution >= 4 is 28.5 Å². The molecule has 1 N–H and O–H groups in total. The summed E-state index contributed by atoms with van der Waals surface area (Å²) in [4.78, 5) is 12.2. The number of methoxy groups -OCH3 is 1. The van der Waals surface area contributed by atoms with Crippen molar-refractivity contribution in [2.45, 2.75) is 13.0 Å². The molecule has 2 rings (SSSR count). The first-order valence-electron chi connectivity index (χ1n) is 6.41. The summed E-state index contributed by atoms with van der Waals surface area (Å²) in [6, 6.07) is 11.7. The predicted octanol–water partition coefficient (Wildman–Crippen LogP) is 3.93. The molecule has 0 aromatic heterocycles. The Morgan fingerprint density at radius 2 is 2.05 bits per heavy atom.